The van der Waals surface area contributed by atoms with Gasteiger partial charge in [0.2, 0.25) is 10.0 Å². The summed E-state index contributed by atoms with van der Waals surface area (Å²) in [6.07, 6.45) is 0. The predicted octanol–water partition coefficient (Wildman–Crippen LogP) is 1.42. The Kier molecular flexibility index (Phi) is 3.52. The predicted molar refractivity (Wildman–Crippen MR) is 72.7 cm³/mol. The maximum absolute atomic E-state index is 12.5. The van der Waals surface area contributed by atoms with Gasteiger partial charge in [0.25, 0.3) is 0 Å². The van der Waals surface area contributed by atoms with E-state index in [0.717, 1.165) is 0 Å². The summed E-state index contributed by atoms with van der Waals surface area (Å²) in [6.45, 7) is 5.12. The van der Waals surface area contributed by atoms with Crippen LogP contribution in [0.1, 0.15) is 19.4 Å². The molecule has 0 aliphatic carbocycles. The highest BCUT2D eigenvalue weighted by Gasteiger charge is 2.35. The van der Waals surface area contributed by atoms with Crippen molar-refractivity contribution in [3.05, 3.63) is 23.8 Å². The van der Waals surface area contributed by atoms with E-state index in [0.29, 0.717) is 30.5 Å². The molecule has 1 fully saturated rings. The van der Waals surface area contributed by atoms with E-state index >= 15 is 0 Å². The third kappa shape index (κ3) is 2.44. The molecule has 102 valence electrons. The van der Waals surface area contributed by atoms with E-state index in [9.17, 15) is 8.42 Å². The maximum Gasteiger partial charge on any atom is 0.245 e. The molecular formula is C13H17N3O2S. The monoisotopic (exact) mass is 279 g/mol. The lowest BCUT2D eigenvalue weighted by atomic mass is 10.0. The molecule has 6 heteroatoms. The number of anilines is 1. The lowest BCUT2D eigenvalue weighted by Crippen LogP contribution is -2.29. The number of nitriles is 1. The van der Waals surface area contributed by atoms with Gasteiger partial charge in [-0.2, -0.15) is 9.57 Å². The lowest BCUT2D eigenvalue weighted by molar-refractivity contribution is 0.463. The first kappa shape index (κ1) is 13.8. The van der Waals surface area contributed by atoms with Crippen LogP contribution in [0, 0.1) is 23.2 Å². The number of nitrogen functional groups attached to an aromatic ring is 1. The van der Waals surface area contributed by atoms with Crippen LogP contribution in [-0.2, 0) is 10.0 Å². The van der Waals surface area contributed by atoms with Crippen molar-refractivity contribution in [2.75, 3.05) is 18.8 Å². The minimum Gasteiger partial charge on any atom is -0.398 e. The molecule has 1 aliphatic rings. The second-order valence-electron chi connectivity index (χ2n) is 5.14. The van der Waals surface area contributed by atoms with Crippen LogP contribution < -0.4 is 5.73 Å². The van der Waals surface area contributed by atoms with E-state index in [2.05, 4.69) is 0 Å². The standard InChI is InChI=1S/C13H17N3O2S/c1-9-7-16(8-10(9)2)19(17,18)13-4-3-11(6-14)5-12(13)15/h3-5,9-10H,7-8,15H2,1-2H3. The van der Waals surface area contributed by atoms with Crippen LogP contribution in [0.3, 0.4) is 0 Å². The summed E-state index contributed by atoms with van der Waals surface area (Å²) in [7, 11) is -3.56. The number of hydrogen-bond acceptors (Lipinski definition) is 4. The Morgan fingerprint density at radius 2 is 1.89 bits per heavy atom. The number of rotatable bonds is 2. The number of nitrogens with two attached hydrogens (primary N) is 1. The normalized spacial score (nSPS) is 24.3. The van der Waals surface area contributed by atoms with Gasteiger partial charge in [-0.25, -0.2) is 8.42 Å². The molecule has 0 bridgehead atoms. The zero-order valence-corrected chi connectivity index (χ0v) is 11.8. The van der Waals surface area contributed by atoms with Crippen LogP contribution >= 0.6 is 0 Å². The van der Waals surface area contributed by atoms with Crippen LogP contribution in [-0.4, -0.2) is 25.8 Å². The molecule has 0 amide bonds. The van der Waals surface area contributed by atoms with Gasteiger partial charge in [-0.05, 0) is 30.0 Å². The first-order chi connectivity index (χ1) is 8.86. The number of benzene rings is 1. The molecule has 1 aromatic carbocycles. The largest absolute Gasteiger partial charge is 0.398 e. The summed E-state index contributed by atoms with van der Waals surface area (Å²) >= 11 is 0. The van der Waals surface area contributed by atoms with E-state index in [-0.39, 0.29) is 10.6 Å². The average Bonchev–Trinajstić information content (AvgIpc) is 2.70. The second-order valence-corrected chi connectivity index (χ2v) is 7.05. The molecule has 1 saturated heterocycles. The summed E-state index contributed by atoms with van der Waals surface area (Å²) in [5, 5.41) is 8.77. The quantitative estimate of drug-likeness (QED) is 0.829. The molecule has 2 atom stereocenters. The van der Waals surface area contributed by atoms with Crippen LogP contribution in [0.25, 0.3) is 0 Å². The van der Waals surface area contributed by atoms with Crippen LogP contribution in [0.4, 0.5) is 5.69 Å². The first-order valence-corrected chi connectivity index (χ1v) is 7.60. The van der Waals surface area contributed by atoms with Gasteiger partial charge in [0.05, 0.1) is 17.3 Å². The Labute approximate surface area is 113 Å². The summed E-state index contributed by atoms with van der Waals surface area (Å²) in [4.78, 5) is 0.0906. The molecule has 2 rings (SSSR count). The average molecular weight is 279 g/mol. The highest BCUT2D eigenvalue weighted by molar-refractivity contribution is 7.89. The third-order valence-corrected chi connectivity index (χ3v) is 5.62. The molecule has 19 heavy (non-hydrogen) atoms. The summed E-state index contributed by atoms with van der Waals surface area (Å²) < 4.78 is 26.5. The van der Waals surface area contributed by atoms with Crippen LogP contribution in [0.2, 0.25) is 0 Å². The molecule has 2 N–H and O–H groups in total. The highest BCUT2D eigenvalue weighted by Crippen LogP contribution is 2.30. The molecule has 1 aromatic rings. The first-order valence-electron chi connectivity index (χ1n) is 6.16. The van der Waals surface area contributed by atoms with E-state index in [1.54, 1.807) is 0 Å². The fraction of sp³-hybridized carbons (Fsp3) is 0.462. The van der Waals surface area contributed by atoms with E-state index in [1.807, 2.05) is 19.9 Å². The van der Waals surface area contributed by atoms with Gasteiger partial charge in [-0.3, -0.25) is 0 Å². The number of sulfonamides is 1. The van der Waals surface area contributed by atoms with Gasteiger partial charge in [-0.1, -0.05) is 13.8 Å². The van der Waals surface area contributed by atoms with Gasteiger partial charge < -0.3 is 5.73 Å². The van der Waals surface area contributed by atoms with Gasteiger partial charge in [0, 0.05) is 13.1 Å². The van der Waals surface area contributed by atoms with Crippen molar-refractivity contribution >= 4 is 15.7 Å². The maximum atomic E-state index is 12.5. The van der Waals surface area contributed by atoms with Gasteiger partial charge in [0.1, 0.15) is 4.90 Å². The smallest absolute Gasteiger partial charge is 0.245 e. The Morgan fingerprint density at radius 1 is 1.32 bits per heavy atom. The van der Waals surface area contributed by atoms with E-state index < -0.39 is 10.0 Å². The zero-order valence-electron chi connectivity index (χ0n) is 11.0. The highest BCUT2D eigenvalue weighted by atomic mass is 32.2. The Bertz CT molecular complexity index is 624. The van der Waals surface area contributed by atoms with Crippen molar-refractivity contribution < 1.29 is 8.42 Å². The molecule has 0 radical (unpaired) electrons. The number of hydrogen-bond donors (Lipinski definition) is 1. The summed E-state index contributed by atoms with van der Waals surface area (Å²) in [6, 6.07) is 6.23. The second kappa shape index (κ2) is 4.83. The lowest BCUT2D eigenvalue weighted by Gasteiger charge is -2.17. The number of nitrogens with zero attached hydrogens (tertiary/aromatic N) is 2. The van der Waals surface area contributed by atoms with Crippen molar-refractivity contribution in [1.29, 1.82) is 5.26 Å². The SMILES string of the molecule is CC1CN(S(=O)(=O)c2ccc(C#N)cc2N)CC1C. The zero-order chi connectivity index (χ0) is 14.2. The topological polar surface area (TPSA) is 87.2 Å². The molecular weight excluding hydrogens is 262 g/mol. The van der Waals surface area contributed by atoms with Crippen molar-refractivity contribution in [2.45, 2.75) is 18.7 Å². The van der Waals surface area contributed by atoms with E-state index in [4.69, 9.17) is 11.0 Å². The Morgan fingerprint density at radius 3 is 2.37 bits per heavy atom. The minimum absolute atomic E-state index is 0.0906. The molecule has 1 aliphatic heterocycles. The van der Waals surface area contributed by atoms with Gasteiger partial charge >= 0.3 is 0 Å². The van der Waals surface area contributed by atoms with Crippen molar-refractivity contribution in [1.82, 2.24) is 4.31 Å². The fourth-order valence-corrected chi connectivity index (χ4v) is 4.00. The van der Waals surface area contributed by atoms with Gasteiger partial charge in [0.15, 0.2) is 0 Å². The Hall–Kier alpha value is -1.58. The molecule has 0 spiro atoms. The summed E-state index contributed by atoms with van der Waals surface area (Å²) in [5.41, 5.74) is 6.25. The molecule has 0 saturated carbocycles. The van der Waals surface area contributed by atoms with E-state index in [1.165, 1.54) is 22.5 Å². The minimum atomic E-state index is -3.56. The van der Waals surface area contributed by atoms with Crippen LogP contribution in [0.5, 0.6) is 0 Å². The fourth-order valence-electron chi connectivity index (χ4n) is 2.27. The third-order valence-electron chi connectivity index (χ3n) is 3.71. The van der Waals surface area contributed by atoms with Crippen LogP contribution in [0.15, 0.2) is 23.1 Å². The molecule has 5 nitrogen and oxygen atoms in total. The van der Waals surface area contributed by atoms with Gasteiger partial charge in [-0.15, -0.1) is 0 Å². The molecule has 2 unspecified atom stereocenters. The van der Waals surface area contributed by atoms with Crippen molar-refractivity contribution in [3.63, 3.8) is 0 Å². The molecule has 0 aromatic heterocycles. The van der Waals surface area contributed by atoms with Crippen molar-refractivity contribution in [3.8, 4) is 6.07 Å². The Balaban J connectivity index is 2.39. The molecule has 1 heterocycles. The van der Waals surface area contributed by atoms with Crippen molar-refractivity contribution in [2.24, 2.45) is 11.8 Å². The summed E-state index contributed by atoms with van der Waals surface area (Å²) in [5.74, 6) is 0.684.